The van der Waals surface area contributed by atoms with Gasteiger partial charge in [-0.25, -0.2) is 9.97 Å². The number of aromatic nitrogens is 3. The van der Waals surface area contributed by atoms with Gasteiger partial charge in [0.1, 0.15) is 30.3 Å². The highest BCUT2D eigenvalue weighted by atomic mass is 16.6. The van der Waals surface area contributed by atoms with Crippen molar-refractivity contribution in [3.63, 3.8) is 0 Å². The summed E-state index contributed by atoms with van der Waals surface area (Å²) >= 11 is 0. The number of fused-ring (bicyclic) bond motifs is 1. The first kappa shape index (κ1) is 14.0. The number of aliphatic hydroxyl groups is 3. The Balaban J connectivity index is 2.14. The molecule has 0 radical (unpaired) electrons. The molecule has 3 N–H and O–H groups in total. The van der Waals surface area contributed by atoms with Crippen LogP contribution in [0.1, 0.15) is 17.5 Å². The molecule has 1 aliphatic rings. The van der Waals surface area contributed by atoms with Crippen LogP contribution in [0.25, 0.3) is 11.0 Å². The molecule has 7 nitrogen and oxygen atoms in total. The van der Waals surface area contributed by atoms with E-state index < -0.39 is 24.5 Å². The summed E-state index contributed by atoms with van der Waals surface area (Å²) in [4.78, 5) is 8.29. The minimum Gasteiger partial charge on any atom is -0.394 e. The van der Waals surface area contributed by atoms with E-state index in [1.54, 1.807) is 10.8 Å². The number of ether oxygens (including phenoxy) is 1. The van der Waals surface area contributed by atoms with Crippen molar-refractivity contribution in [2.75, 3.05) is 6.61 Å². The second-order valence-electron chi connectivity index (χ2n) is 4.98. The molecule has 1 unspecified atom stereocenters. The largest absolute Gasteiger partial charge is 0.394 e. The van der Waals surface area contributed by atoms with Crippen LogP contribution in [0.2, 0.25) is 0 Å². The van der Waals surface area contributed by atoms with E-state index in [9.17, 15) is 10.2 Å². The molecule has 3 rings (SSSR count). The van der Waals surface area contributed by atoms with Gasteiger partial charge in [0.05, 0.1) is 23.3 Å². The first-order valence-electron chi connectivity index (χ1n) is 6.49. The molecule has 1 saturated heterocycles. The SMILES string of the molecule is C#Cc1cn([C@@H]2O[C@H](CO)[C@H](O)C2O)c2ncnc(C)c12. The van der Waals surface area contributed by atoms with Gasteiger partial charge >= 0.3 is 0 Å². The lowest BCUT2D eigenvalue weighted by Gasteiger charge is -2.17. The maximum absolute atomic E-state index is 10.1. The van der Waals surface area contributed by atoms with Crippen molar-refractivity contribution in [3.8, 4) is 12.3 Å². The number of hydrogen-bond donors (Lipinski definition) is 3. The second-order valence-corrected chi connectivity index (χ2v) is 4.98. The fraction of sp³-hybridized carbons (Fsp3) is 0.429. The molecule has 2 aromatic heterocycles. The van der Waals surface area contributed by atoms with Crippen molar-refractivity contribution in [2.45, 2.75) is 31.5 Å². The number of aliphatic hydroxyl groups excluding tert-OH is 3. The van der Waals surface area contributed by atoms with Crippen LogP contribution in [0.3, 0.4) is 0 Å². The molecule has 0 aromatic carbocycles. The molecule has 0 aliphatic carbocycles. The van der Waals surface area contributed by atoms with Crippen LogP contribution in [0.5, 0.6) is 0 Å². The lowest BCUT2D eigenvalue weighted by Crippen LogP contribution is -2.33. The number of hydrogen-bond acceptors (Lipinski definition) is 6. The normalized spacial score (nSPS) is 28.9. The van der Waals surface area contributed by atoms with Gasteiger partial charge in [-0.1, -0.05) is 5.92 Å². The summed E-state index contributed by atoms with van der Waals surface area (Å²) in [5.41, 5.74) is 1.82. The fourth-order valence-electron chi connectivity index (χ4n) is 2.65. The highest BCUT2D eigenvalue weighted by Crippen LogP contribution is 2.33. The van der Waals surface area contributed by atoms with Gasteiger partial charge < -0.3 is 24.6 Å². The van der Waals surface area contributed by atoms with E-state index in [-0.39, 0.29) is 6.61 Å². The van der Waals surface area contributed by atoms with Crippen LogP contribution in [0.15, 0.2) is 12.5 Å². The Labute approximate surface area is 120 Å². The Kier molecular flexibility index (Phi) is 3.39. The van der Waals surface area contributed by atoms with Gasteiger partial charge in [0.25, 0.3) is 0 Å². The van der Waals surface area contributed by atoms with Gasteiger partial charge in [-0.05, 0) is 6.92 Å². The third kappa shape index (κ3) is 2.01. The van der Waals surface area contributed by atoms with Crippen LogP contribution in [0.4, 0.5) is 0 Å². The van der Waals surface area contributed by atoms with Gasteiger partial charge in [0.15, 0.2) is 6.23 Å². The van der Waals surface area contributed by atoms with Crippen LogP contribution < -0.4 is 0 Å². The molecular formula is C14H15N3O4. The van der Waals surface area contributed by atoms with Crippen molar-refractivity contribution in [1.29, 1.82) is 0 Å². The first-order chi connectivity index (χ1) is 10.1. The van der Waals surface area contributed by atoms with E-state index in [4.69, 9.17) is 16.3 Å². The summed E-state index contributed by atoms with van der Waals surface area (Å²) in [6.45, 7) is 1.43. The fourth-order valence-corrected chi connectivity index (χ4v) is 2.65. The molecule has 0 amide bonds. The summed E-state index contributed by atoms with van der Waals surface area (Å²) in [5, 5.41) is 29.9. The smallest absolute Gasteiger partial charge is 0.164 e. The average molecular weight is 289 g/mol. The van der Waals surface area contributed by atoms with Gasteiger partial charge in [-0.15, -0.1) is 6.42 Å². The molecule has 110 valence electrons. The highest BCUT2D eigenvalue weighted by molar-refractivity contribution is 5.85. The quantitative estimate of drug-likeness (QED) is 0.634. The minimum absolute atomic E-state index is 0.385. The topological polar surface area (TPSA) is 101 Å². The zero-order valence-electron chi connectivity index (χ0n) is 11.3. The highest BCUT2D eigenvalue weighted by Gasteiger charge is 2.44. The number of nitrogens with zero attached hydrogens (tertiary/aromatic N) is 3. The van der Waals surface area contributed by atoms with E-state index in [2.05, 4.69) is 15.9 Å². The van der Waals surface area contributed by atoms with Crippen molar-refractivity contribution >= 4 is 11.0 Å². The first-order valence-corrected chi connectivity index (χ1v) is 6.49. The Morgan fingerprint density at radius 2 is 2.14 bits per heavy atom. The Morgan fingerprint density at radius 1 is 1.38 bits per heavy atom. The van der Waals surface area contributed by atoms with Crippen LogP contribution in [0, 0.1) is 19.3 Å². The lowest BCUT2D eigenvalue weighted by atomic mass is 10.1. The van der Waals surface area contributed by atoms with Crippen molar-refractivity contribution in [2.24, 2.45) is 0 Å². The van der Waals surface area contributed by atoms with E-state index in [1.165, 1.54) is 6.33 Å². The number of rotatable bonds is 2. The zero-order valence-corrected chi connectivity index (χ0v) is 11.3. The van der Waals surface area contributed by atoms with Crippen molar-refractivity contribution < 1.29 is 20.1 Å². The molecule has 2 aromatic rings. The van der Waals surface area contributed by atoms with E-state index in [1.807, 2.05) is 6.92 Å². The summed E-state index contributed by atoms with van der Waals surface area (Å²) in [5.74, 6) is 2.56. The average Bonchev–Trinajstić information content (AvgIpc) is 2.99. The van der Waals surface area contributed by atoms with Gasteiger partial charge in [0, 0.05) is 6.20 Å². The Hall–Kier alpha value is -1.98. The van der Waals surface area contributed by atoms with Crippen LogP contribution >= 0.6 is 0 Å². The predicted molar refractivity (Wildman–Crippen MR) is 73.2 cm³/mol. The Morgan fingerprint density at radius 3 is 2.76 bits per heavy atom. The minimum atomic E-state index is -1.18. The second kappa shape index (κ2) is 5.09. The van der Waals surface area contributed by atoms with Gasteiger partial charge in [-0.3, -0.25) is 0 Å². The van der Waals surface area contributed by atoms with E-state index >= 15 is 0 Å². The molecule has 1 fully saturated rings. The molecule has 7 heteroatoms. The molecule has 4 atom stereocenters. The standard InChI is InChI=1S/C14H15N3O4/c1-3-8-4-17(13-10(8)7(2)15-6-16-13)14-12(20)11(19)9(5-18)21-14/h1,4,6,9,11-12,14,18-20H,5H2,2H3/t9-,11+,12?,14-/m1/s1. The number of terminal acetylenes is 1. The van der Waals surface area contributed by atoms with Crippen molar-refractivity contribution in [1.82, 2.24) is 14.5 Å². The maximum atomic E-state index is 10.1. The number of aryl methyl sites for hydroxylation is 1. The third-order valence-corrected chi connectivity index (χ3v) is 3.75. The van der Waals surface area contributed by atoms with Crippen LogP contribution in [-0.2, 0) is 4.74 Å². The predicted octanol–water partition coefficient (Wildman–Crippen LogP) is -0.667. The zero-order chi connectivity index (χ0) is 15.1. The maximum Gasteiger partial charge on any atom is 0.164 e. The molecule has 0 bridgehead atoms. The summed E-state index contributed by atoms with van der Waals surface area (Å²) in [6.07, 6.45) is 4.47. The molecule has 1 aliphatic heterocycles. The Bertz CT molecular complexity index is 721. The summed E-state index contributed by atoms with van der Waals surface area (Å²) < 4.78 is 7.08. The van der Waals surface area contributed by atoms with Crippen LogP contribution in [-0.4, -0.2) is 54.8 Å². The van der Waals surface area contributed by atoms with E-state index in [0.717, 1.165) is 5.69 Å². The lowest BCUT2D eigenvalue weighted by molar-refractivity contribution is -0.0508. The molecule has 21 heavy (non-hydrogen) atoms. The monoisotopic (exact) mass is 289 g/mol. The molecule has 0 saturated carbocycles. The molecular weight excluding hydrogens is 274 g/mol. The van der Waals surface area contributed by atoms with Gasteiger partial charge in [0.2, 0.25) is 0 Å². The van der Waals surface area contributed by atoms with Gasteiger partial charge in [-0.2, -0.15) is 0 Å². The summed E-state index contributed by atoms with van der Waals surface area (Å²) in [6, 6.07) is 0. The summed E-state index contributed by atoms with van der Waals surface area (Å²) in [7, 11) is 0. The molecule has 3 heterocycles. The van der Waals surface area contributed by atoms with E-state index in [0.29, 0.717) is 16.6 Å². The molecule has 0 spiro atoms. The third-order valence-electron chi connectivity index (χ3n) is 3.75. The van der Waals surface area contributed by atoms with Crippen molar-refractivity contribution in [3.05, 3.63) is 23.8 Å².